The molecule has 1 aliphatic rings. The lowest BCUT2D eigenvalue weighted by Crippen LogP contribution is -2.26. The highest BCUT2D eigenvalue weighted by molar-refractivity contribution is 5.58. The second kappa shape index (κ2) is 5.15. The van der Waals surface area contributed by atoms with E-state index in [1.807, 2.05) is 18.2 Å². The molecule has 0 amide bonds. The summed E-state index contributed by atoms with van der Waals surface area (Å²) >= 11 is 0. The summed E-state index contributed by atoms with van der Waals surface area (Å²) in [4.78, 5) is 0. The lowest BCUT2D eigenvalue weighted by Gasteiger charge is -2.11. The van der Waals surface area contributed by atoms with Gasteiger partial charge in [-0.25, -0.2) is 0 Å². The normalized spacial score (nSPS) is 16.5. The van der Waals surface area contributed by atoms with Gasteiger partial charge in [-0.1, -0.05) is 30.3 Å². The van der Waals surface area contributed by atoms with Crippen molar-refractivity contribution in [2.75, 3.05) is 13.2 Å². The Hall–Kier alpha value is -1.65. The maximum Gasteiger partial charge on any atom is 0.0924 e. The summed E-state index contributed by atoms with van der Waals surface area (Å²) in [5.74, 6) is 0. The first-order chi connectivity index (χ1) is 9.31. The fraction of sp³-hybridized carbons (Fsp3) is 0.400. The van der Waals surface area contributed by atoms with E-state index in [0.29, 0.717) is 0 Å². The number of hydrogen-bond acceptors (Lipinski definition) is 3. The molecule has 0 unspecified atom stereocenters. The smallest absolute Gasteiger partial charge is 0.0924 e. The number of nitrogens with one attached hydrogen (secondary N) is 2. The van der Waals surface area contributed by atoms with Crippen molar-refractivity contribution < 1.29 is 5.11 Å². The SMILES string of the molecule is OCC1(CNCc2cc(-c3ccccc3)n[nH]2)CC1. The van der Waals surface area contributed by atoms with Gasteiger partial charge in [0.25, 0.3) is 0 Å². The Kier molecular flexibility index (Phi) is 3.36. The van der Waals surface area contributed by atoms with Crippen molar-refractivity contribution in [3.8, 4) is 11.3 Å². The van der Waals surface area contributed by atoms with Crippen molar-refractivity contribution in [1.29, 1.82) is 0 Å². The number of benzene rings is 1. The number of aromatic amines is 1. The molecule has 3 N–H and O–H groups in total. The molecule has 1 aliphatic carbocycles. The molecule has 0 atom stereocenters. The number of H-pyrrole nitrogens is 1. The van der Waals surface area contributed by atoms with Gasteiger partial charge in [0.2, 0.25) is 0 Å². The maximum absolute atomic E-state index is 9.25. The van der Waals surface area contributed by atoms with Crippen molar-refractivity contribution in [3.05, 3.63) is 42.1 Å². The Morgan fingerprint density at radius 3 is 2.74 bits per heavy atom. The van der Waals surface area contributed by atoms with Gasteiger partial charge in [-0.3, -0.25) is 5.10 Å². The Labute approximate surface area is 112 Å². The third-order valence-corrected chi connectivity index (χ3v) is 3.81. The number of aromatic nitrogens is 2. The first kappa shape index (κ1) is 12.4. The first-order valence-corrected chi connectivity index (χ1v) is 6.73. The minimum absolute atomic E-state index is 0.155. The van der Waals surface area contributed by atoms with E-state index in [9.17, 15) is 5.11 Å². The van der Waals surface area contributed by atoms with Gasteiger partial charge in [0, 0.05) is 36.4 Å². The van der Waals surface area contributed by atoms with Crippen LogP contribution in [-0.2, 0) is 6.54 Å². The molecule has 100 valence electrons. The third-order valence-electron chi connectivity index (χ3n) is 3.81. The zero-order valence-electron chi connectivity index (χ0n) is 10.9. The zero-order chi connectivity index (χ0) is 13.1. The molecule has 2 aromatic rings. The van der Waals surface area contributed by atoms with Crippen LogP contribution in [0.3, 0.4) is 0 Å². The van der Waals surface area contributed by atoms with Crippen LogP contribution in [0.5, 0.6) is 0 Å². The number of nitrogens with zero attached hydrogens (tertiary/aromatic N) is 1. The molecule has 1 aromatic carbocycles. The first-order valence-electron chi connectivity index (χ1n) is 6.73. The second-order valence-corrected chi connectivity index (χ2v) is 5.41. The standard InChI is InChI=1S/C15H19N3O/c19-11-15(6-7-15)10-16-9-13-8-14(18-17-13)12-4-2-1-3-5-12/h1-5,8,16,19H,6-7,9-11H2,(H,17,18). The van der Waals surface area contributed by atoms with Gasteiger partial charge in [0.15, 0.2) is 0 Å². The van der Waals surface area contributed by atoms with Gasteiger partial charge in [-0.15, -0.1) is 0 Å². The summed E-state index contributed by atoms with van der Waals surface area (Å²) in [7, 11) is 0. The van der Waals surface area contributed by atoms with Crippen LogP contribution in [0.1, 0.15) is 18.5 Å². The topological polar surface area (TPSA) is 60.9 Å². The lowest BCUT2D eigenvalue weighted by atomic mass is 10.1. The molecule has 0 saturated heterocycles. The number of aliphatic hydroxyl groups is 1. The number of rotatable bonds is 6. The van der Waals surface area contributed by atoms with E-state index >= 15 is 0 Å². The van der Waals surface area contributed by atoms with E-state index in [2.05, 4.69) is 33.7 Å². The van der Waals surface area contributed by atoms with Crippen molar-refractivity contribution in [1.82, 2.24) is 15.5 Å². The highest BCUT2D eigenvalue weighted by Crippen LogP contribution is 2.44. The lowest BCUT2D eigenvalue weighted by molar-refractivity contribution is 0.207. The van der Waals surface area contributed by atoms with Crippen LogP contribution in [-0.4, -0.2) is 28.5 Å². The Balaban J connectivity index is 1.57. The molecular formula is C15H19N3O. The molecule has 1 aromatic heterocycles. The van der Waals surface area contributed by atoms with Gasteiger partial charge in [0.05, 0.1) is 5.69 Å². The molecule has 1 fully saturated rings. The minimum atomic E-state index is 0.155. The largest absolute Gasteiger partial charge is 0.396 e. The van der Waals surface area contributed by atoms with Gasteiger partial charge in [-0.05, 0) is 18.9 Å². The Morgan fingerprint density at radius 1 is 1.26 bits per heavy atom. The molecule has 0 spiro atoms. The molecule has 0 bridgehead atoms. The highest BCUT2D eigenvalue weighted by atomic mass is 16.3. The summed E-state index contributed by atoms with van der Waals surface area (Å²) in [6.45, 7) is 1.93. The van der Waals surface area contributed by atoms with Crippen LogP contribution >= 0.6 is 0 Å². The zero-order valence-corrected chi connectivity index (χ0v) is 10.9. The molecule has 4 nitrogen and oxygen atoms in total. The Bertz CT molecular complexity index is 531. The van der Waals surface area contributed by atoms with E-state index in [0.717, 1.165) is 42.9 Å². The molecular weight excluding hydrogens is 238 g/mol. The number of hydrogen-bond donors (Lipinski definition) is 3. The summed E-state index contributed by atoms with van der Waals surface area (Å²) in [6.07, 6.45) is 2.27. The van der Waals surface area contributed by atoms with Crippen LogP contribution < -0.4 is 5.32 Å². The Morgan fingerprint density at radius 2 is 2.05 bits per heavy atom. The summed E-state index contributed by atoms with van der Waals surface area (Å²) in [5, 5.41) is 20.0. The van der Waals surface area contributed by atoms with Crippen molar-refractivity contribution >= 4 is 0 Å². The van der Waals surface area contributed by atoms with Gasteiger partial charge >= 0.3 is 0 Å². The van der Waals surface area contributed by atoms with Crippen LogP contribution in [0.15, 0.2) is 36.4 Å². The third kappa shape index (κ3) is 2.85. The molecule has 0 radical (unpaired) electrons. The molecule has 1 heterocycles. The molecule has 3 rings (SSSR count). The van der Waals surface area contributed by atoms with Crippen LogP contribution in [0.2, 0.25) is 0 Å². The van der Waals surface area contributed by atoms with Crippen molar-refractivity contribution in [2.45, 2.75) is 19.4 Å². The average molecular weight is 257 g/mol. The minimum Gasteiger partial charge on any atom is -0.396 e. The van der Waals surface area contributed by atoms with Gasteiger partial charge in [0.1, 0.15) is 0 Å². The summed E-state index contributed by atoms with van der Waals surface area (Å²) in [6, 6.07) is 12.2. The fourth-order valence-electron chi connectivity index (χ4n) is 2.24. The molecule has 1 saturated carbocycles. The summed E-state index contributed by atoms with van der Waals surface area (Å²) < 4.78 is 0. The molecule has 19 heavy (non-hydrogen) atoms. The quantitative estimate of drug-likeness (QED) is 0.741. The van der Waals surface area contributed by atoms with Crippen molar-refractivity contribution in [2.24, 2.45) is 5.41 Å². The van der Waals surface area contributed by atoms with Crippen LogP contribution in [0, 0.1) is 5.41 Å². The number of aliphatic hydroxyl groups excluding tert-OH is 1. The fourth-order valence-corrected chi connectivity index (χ4v) is 2.24. The van der Waals surface area contributed by atoms with Gasteiger partial charge < -0.3 is 10.4 Å². The monoisotopic (exact) mass is 257 g/mol. The average Bonchev–Trinajstić information content (AvgIpc) is 3.09. The van der Waals surface area contributed by atoms with E-state index < -0.39 is 0 Å². The predicted molar refractivity (Wildman–Crippen MR) is 74.5 cm³/mol. The van der Waals surface area contributed by atoms with E-state index in [1.54, 1.807) is 0 Å². The van der Waals surface area contributed by atoms with Crippen LogP contribution in [0.4, 0.5) is 0 Å². The van der Waals surface area contributed by atoms with Gasteiger partial charge in [-0.2, -0.15) is 5.10 Å². The molecule has 0 aliphatic heterocycles. The summed E-state index contributed by atoms with van der Waals surface area (Å²) in [5.41, 5.74) is 3.33. The predicted octanol–water partition coefficient (Wildman–Crippen LogP) is 1.94. The van der Waals surface area contributed by atoms with E-state index in [1.165, 1.54) is 0 Å². The molecule has 4 heteroatoms. The highest BCUT2D eigenvalue weighted by Gasteiger charge is 2.41. The second-order valence-electron chi connectivity index (χ2n) is 5.41. The van der Waals surface area contributed by atoms with Crippen molar-refractivity contribution in [3.63, 3.8) is 0 Å². The van der Waals surface area contributed by atoms with E-state index in [4.69, 9.17) is 0 Å². The van der Waals surface area contributed by atoms with E-state index in [-0.39, 0.29) is 12.0 Å². The maximum atomic E-state index is 9.25. The van der Waals surface area contributed by atoms with Crippen LogP contribution in [0.25, 0.3) is 11.3 Å².